The molecule has 55 heavy (non-hydrogen) atoms. The Kier molecular flexibility index (Phi) is 16.2. The Bertz CT molecular complexity index is 1510. The largest absolute Gasteiger partial charge is 0.412 e. The van der Waals surface area contributed by atoms with E-state index in [1.807, 2.05) is 27.7 Å². The van der Waals surface area contributed by atoms with Gasteiger partial charge in [-0.05, 0) is 55.3 Å². The fourth-order valence-corrected chi connectivity index (χ4v) is 8.30. The lowest BCUT2D eigenvalue weighted by atomic mass is 9.66. The molecule has 3 fully saturated rings. The van der Waals surface area contributed by atoms with Crippen molar-refractivity contribution in [2.45, 2.75) is 132 Å². The van der Waals surface area contributed by atoms with Crippen molar-refractivity contribution < 1.29 is 43.8 Å². The number of nitrogens with one attached hydrogen (secondary N) is 6. The molecule has 9 unspecified atom stereocenters. The molecule has 8 N–H and O–H groups in total. The Hall–Kier alpha value is -4.34. The number of carbonyl (C=O) groups excluding carboxylic acids is 8. The van der Waals surface area contributed by atoms with Crippen LogP contribution in [0.15, 0.2) is 12.3 Å². The Labute approximate surface area is 325 Å². The maximum absolute atomic E-state index is 14.5. The molecule has 16 heteroatoms. The number of Topliss-reactive ketones (excluding diaryl/α,β-unsaturated/α-hetero) is 2. The van der Waals surface area contributed by atoms with Crippen molar-refractivity contribution in [3.8, 4) is 0 Å². The summed E-state index contributed by atoms with van der Waals surface area (Å²) in [5.41, 5.74) is -1.88. The predicted molar refractivity (Wildman–Crippen MR) is 206 cm³/mol. The van der Waals surface area contributed by atoms with Crippen LogP contribution in [-0.4, -0.2) is 107 Å². The third-order valence-electron chi connectivity index (χ3n) is 11.4. The summed E-state index contributed by atoms with van der Waals surface area (Å²) in [7, 11) is 0. The molecular formula is C39H65N7O9. The number of hydrogen-bond acceptors (Lipinski definition) is 9. The van der Waals surface area contributed by atoms with Crippen molar-refractivity contribution in [1.29, 1.82) is 0 Å². The van der Waals surface area contributed by atoms with Crippen LogP contribution < -0.4 is 31.9 Å². The lowest BCUT2D eigenvalue weighted by Crippen LogP contribution is -2.63. The van der Waals surface area contributed by atoms with Crippen molar-refractivity contribution in [1.82, 2.24) is 36.8 Å². The van der Waals surface area contributed by atoms with Gasteiger partial charge in [0.05, 0.1) is 25.0 Å². The van der Waals surface area contributed by atoms with Gasteiger partial charge in [-0.25, -0.2) is 0 Å². The minimum Gasteiger partial charge on any atom is -0.412 e. The van der Waals surface area contributed by atoms with Gasteiger partial charge >= 0.3 is 0 Å². The average Bonchev–Trinajstić information content (AvgIpc) is 3.47. The SMILES string of the molecule is C=C1CNC(=O)C2NC(=O)C(C(C)C(C)CC)NC(=O)C3CC(C)CN3C(=O)C(CC(C)=O)CC(=O)C(NC(=O)CNC(=O)C(C)N1)C(C)(C)CC2(C)C.O. The first-order chi connectivity index (χ1) is 25.0. The summed E-state index contributed by atoms with van der Waals surface area (Å²) in [6.45, 7) is 21.2. The highest BCUT2D eigenvalue weighted by Crippen LogP contribution is 2.40. The van der Waals surface area contributed by atoms with Gasteiger partial charge in [0, 0.05) is 25.1 Å². The van der Waals surface area contributed by atoms with Crippen LogP contribution in [0.4, 0.5) is 0 Å². The van der Waals surface area contributed by atoms with E-state index >= 15 is 0 Å². The lowest BCUT2D eigenvalue weighted by molar-refractivity contribution is -0.146. The van der Waals surface area contributed by atoms with Crippen LogP contribution in [0.1, 0.15) is 101 Å². The van der Waals surface area contributed by atoms with Gasteiger partial charge in [0.15, 0.2) is 5.78 Å². The Morgan fingerprint density at radius 3 is 2.04 bits per heavy atom. The molecule has 3 aliphatic heterocycles. The van der Waals surface area contributed by atoms with E-state index in [1.54, 1.807) is 34.6 Å². The molecule has 3 rings (SSSR count). The zero-order valence-electron chi connectivity index (χ0n) is 34.3. The second-order valence-electron chi connectivity index (χ2n) is 17.4. The van der Waals surface area contributed by atoms with Crippen molar-refractivity contribution in [3.63, 3.8) is 0 Å². The molecule has 0 aromatic carbocycles. The minimum absolute atomic E-state index is 0. The molecule has 0 radical (unpaired) electrons. The first kappa shape index (κ1) is 46.8. The van der Waals surface area contributed by atoms with E-state index in [1.165, 1.54) is 11.8 Å². The number of fused-ring (bicyclic) bond motifs is 5. The van der Waals surface area contributed by atoms with E-state index in [9.17, 15) is 38.4 Å². The normalized spacial score (nSPS) is 31.1. The van der Waals surface area contributed by atoms with Crippen molar-refractivity contribution in [3.05, 3.63) is 12.3 Å². The summed E-state index contributed by atoms with van der Waals surface area (Å²) in [6.07, 6.45) is 0.426. The van der Waals surface area contributed by atoms with Crippen LogP contribution in [0.5, 0.6) is 0 Å². The molecule has 0 spiro atoms. The number of rotatable bonds is 5. The summed E-state index contributed by atoms with van der Waals surface area (Å²) in [5.74, 6) is -5.89. The van der Waals surface area contributed by atoms with Crippen LogP contribution in [0.2, 0.25) is 0 Å². The molecule has 0 saturated carbocycles. The predicted octanol–water partition coefficient (Wildman–Crippen LogP) is 0.284. The number of ketones is 2. The molecule has 3 heterocycles. The van der Waals surface area contributed by atoms with Crippen molar-refractivity contribution in [2.75, 3.05) is 19.6 Å². The second kappa shape index (κ2) is 19.0. The quantitative estimate of drug-likeness (QED) is 0.224. The van der Waals surface area contributed by atoms with Gasteiger partial charge in [0.25, 0.3) is 0 Å². The molecule has 0 aromatic heterocycles. The summed E-state index contributed by atoms with van der Waals surface area (Å²) in [4.78, 5) is 112. The summed E-state index contributed by atoms with van der Waals surface area (Å²) in [6, 6.07) is -5.34. The topological polar surface area (TPSA) is 243 Å². The van der Waals surface area contributed by atoms with Crippen LogP contribution >= 0.6 is 0 Å². The number of nitrogens with zero attached hydrogens (tertiary/aromatic N) is 1. The molecule has 16 nitrogen and oxygen atoms in total. The number of hydrogen-bond donors (Lipinski definition) is 6. The first-order valence-electron chi connectivity index (χ1n) is 19.2. The van der Waals surface area contributed by atoms with Crippen LogP contribution in [-0.2, 0) is 38.4 Å². The Morgan fingerprint density at radius 1 is 0.836 bits per heavy atom. The zero-order valence-corrected chi connectivity index (χ0v) is 34.3. The van der Waals surface area contributed by atoms with Crippen LogP contribution in [0, 0.1) is 34.5 Å². The fraction of sp³-hybridized carbons (Fsp3) is 0.744. The van der Waals surface area contributed by atoms with E-state index in [4.69, 9.17) is 0 Å². The highest BCUT2D eigenvalue weighted by molar-refractivity contribution is 5.98. The molecule has 3 saturated heterocycles. The Morgan fingerprint density at radius 2 is 1.44 bits per heavy atom. The van der Waals surface area contributed by atoms with Gasteiger partial charge in [-0.15, -0.1) is 0 Å². The summed E-state index contributed by atoms with van der Waals surface area (Å²) in [5, 5.41) is 17.0. The molecule has 0 aromatic rings. The third kappa shape index (κ3) is 11.8. The van der Waals surface area contributed by atoms with Crippen molar-refractivity contribution in [2.24, 2.45) is 34.5 Å². The van der Waals surface area contributed by atoms with Crippen LogP contribution in [0.25, 0.3) is 0 Å². The van der Waals surface area contributed by atoms with E-state index in [0.29, 0.717) is 18.5 Å². The van der Waals surface area contributed by atoms with Gasteiger partial charge in [0.1, 0.15) is 30.0 Å². The van der Waals surface area contributed by atoms with Gasteiger partial charge in [0.2, 0.25) is 35.4 Å². The molecule has 0 aliphatic carbocycles. The maximum atomic E-state index is 14.5. The highest BCUT2D eigenvalue weighted by atomic mass is 16.2. The third-order valence-corrected chi connectivity index (χ3v) is 11.4. The van der Waals surface area contributed by atoms with E-state index in [2.05, 4.69) is 38.5 Å². The molecule has 3 aliphatic rings. The maximum Gasteiger partial charge on any atom is 0.243 e. The Balaban J connectivity index is 0.0000105. The molecule has 6 amide bonds. The molecule has 2 bridgehead atoms. The number of carbonyl (C=O) groups is 8. The first-order valence-corrected chi connectivity index (χ1v) is 19.2. The fourth-order valence-electron chi connectivity index (χ4n) is 8.30. The molecule has 310 valence electrons. The number of amides is 6. The van der Waals surface area contributed by atoms with Gasteiger partial charge in [-0.1, -0.05) is 68.4 Å². The van der Waals surface area contributed by atoms with Crippen LogP contribution in [0.3, 0.4) is 0 Å². The highest BCUT2D eigenvalue weighted by Gasteiger charge is 2.49. The van der Waals surface area contributed by atoms with Gasteiger partial charge < -0.3 is 47.1 Å². The zero-order chi connectivity index (χ0) is 40.9. The molecule has 9 atom stereocenters. The average molecular weight is 776 g/mol. The van der Waals surface area contributed by atoms with E-state index < -0.39 is 101 Å². The molecular weight excluding hydrogens is 710 g/mol. The van der Waals surface area contributed by atoms with Crippen molar-refractivity contribution >= 4 is 47.0 Å². The lowest BCUT2D eigenvalue weighted by Gasteiger charge is -2.44. The van der Waals surface area contributed by atoms with E-state index in [0.717, 1.165) is 0 Å². The van der Waals surface area contributed by atoms with Gasteiger partial charge in [-0.3, -0.25) is 33.6 Å². The smallest absolute Gasteiger partial charge is 0.243 e. The van der Waals surface area contributed by atoms with E-state index in [-0.39, 0.29) is 54.9 Å². The summed E-state index contributed by atoms with van der Waals surface area (Å²) < 4.78 is 0. The summed E-state index contributed by atoms with van der Waals surface area (Å²) >= 11 is 0. The monoisotopic (exact) mass is 775 g/mol. The second-order valence-corrected chi connectivity index (χ2v) is 17.4. The standard InChI is InChI=1S/C39H63N7O8.H2O/c1-12-21(3)24(6)30-35(52)45-32-36(53)40-16-22(4)42-25(7)33(50)41-17-29(49)43-31(38(8,9)19-39(32,10)11)28(48)15-26(14-23(5)47)37(54)46-18-20(2)13-27(46)34(51)44-30;/h20-21,24-27,30-32,42H,4,12-19H2,1-3,5-11H3,(H,40,53)(H,41,50)(H,43,49)(H,44,51)(H,45,52);1H2. The van der Waals surface area contributed by atoms with Gasteiger partial charge in [-0.2, -0.15) is 0 Å². The minimum atomic E-state index is -1.24.